The van der Waals surface area contributed by atoms with Crippen LogP contribution in [0.15, 0.2) is 146 Å². The summed E-state index contributed by atoms with van der Waals surface area (Å²) in [4.78, 5) is 14.5. The molecular weight excluding hydrogens is 731 g/mol. The second kappa shape index (κ2) is 13.5. The third-order valence-electron chi connectivity index (χ3n) is 12.0. The van der Waals surface area contributed by atoms with Gasteiger partial charge < -0.3 is 23.7 Å². The molecule has 1 saturated heterocycles. The first-order valence-electron chi connectivity index (χ1n) is 21.5. The van der Waals surface area contributed by atoms with Crippen LogP contribution in [0.25, 0.3) is 44.3 Å². The minimum absolute atomic E-state index is 0.418. The van der Waals surface area contributed by atoms with Crippen LogP contribution >= 0.6 is 0 Å². The number of benzene rings is 5. The fourth-order valence-electron chi connectivity index (χ4n) is 9.20. The molecule has 8 nitrogen and oxygen atoms in total. The Balaban J connectivity index is 0.982. The van der Waals surface area contributed by atoms with Crippen molar-refractivity contribution in [2.75, 3.05) is 22.9 Å². The number of nitrogens with zero attached hydrogens (tertiary/aromatic N) is 7. The predicted molar refractivity (Wildman–Crippen MR) is 237 cm³/mol. The number of imidazole rings is 1. The number of fused-ring (bicyclic) bond motifs is 6. The lowest BCUT2D eigenvalue weighted by atomic mass is 10.1. The molecule has 0 aliphatic carbocycles. The van der Waals surface area contributed by atoms with Gasteiger partial charge in [-0.1, -0.05) is 85.9 Å². The summed E-state index contributed by atoms with van der Waals surface area (Å²) < 4.78 is 36.9. The fourth-order valence-corrected chi connectivity index (χ4v) is 12.2. The molecule has 1 fully saturated rings. The van der Waals surface area contributed by atoms with Crippen LogP contribution in [0.1, 0.15) is 23.4 Å². The van der Waals surface area contributed by atoms with Crippen LogP contribution in [0.5, 0.6) is 11.6 Å². The molecule has 58 heavy (non-hydrogen) atoms. The Morgan fingerprint density at radius 2 is 1.45 bits per heavy atom. The second-order valence-electron chi connectivity index (χ2n) is 15.9. The number of ether oxygens (including phenoxy) is 1. The normalized spacial score (nSPS) is 15.9. The SMILES string of the molecule is [2H]C([2H])([2H])[n+]1[c-]n(-c2cccc(Oc3cc4c(cn3)c3ccccc3n4-c3cc(N4c5ccccc5[Si](C)(C)c5ccccc54)ccn3)c2)c2ccc(N3CCCCC3)cc21. The van der Waals surface area contributed by atoms with Crippen molar-refractivity contribution in [1.29, 1.82) is 0 Å². The molecule has 9 heteroatoms. The van der Waals surface area contributed by atoms with Gasteiger partial charge in [-0.25, -0.2) is 9.97 Å². The monoisotopic (exact) mass is 776 g/mol. The Bertz CT molecular complexity index is 3120. The molecule has 5 aromatic carbocycles. The van der Waals surface area contributed by atoms with Crippen LogP contribution in [-0.4, -0.2) is 40.3 Å². The Hall–Kier alpha value is -6.71. The maximum absolute atomic E-state index is 8.36. The summed E-state index contributed by atoms with van der Waals surface area (Å²) in [7, 11) is -1.95. The summed E-state index contributed by atoms with van der Waals surface area (Å²) in [6.07, 6.45) is 10.4. The maximum Gasteiger partial charge on any atom is 0.244 e. The lowest BCUT2D eigenvalue weighted by molar-refractivity contribution is -0.649. The molecule has 0 atom stereocenters. The number of piperidine rings is 1. The molecule has 9 aromatic rings. The quantitative estimate of drug-likeness (QED) is 0.0957. The van der Waals surface area contributed by atoms with Crippen molar-refractivity contribution in [3.8, 4) is 23.1 Å². The Morgan fingerprint density at radius 3 is 2.26 bits per heavy atom. The minimum atomic E-state index is -2.41. The Morgan fingerprint density at radius 1 is 0.672 bits per heavy atom. The van der Waals surface area contributed by atoms with E-state index in [1.165, 1.54) is 32.7 Å². The topological polar surface area (TPSA) is 55.2 Å². The first kappa shape index (κ1) is 31.4. The highest BCUT2D eigenvalue weighted by Crippen LogP contribution is 2.40. The number of para-hydroxylation sites is 3. The van der Waals surface area contributed by atoms with Gasteiger partial charge in [0.15, 0.2) is 0 Å². The van der Waals surface area contributed by atoms with Crippen molar-refractivity contribution in [2.24, 2.45) is 6.98 Å². The van der Waals surface area contributed by atoms with E-state index in [0.717, 1.165) is 76.1 Å². The average molecular weight is 777 g/mol. The molecule has 0 bridgehead atoms. The number of anilines is 4. The second-order valence-corrected chi connectivity index (χ2v) is 20.2. The third-order valence-corrected chi connectivity index (χ3v) is 15.6. The summed E-state index contributed by atoms with van der Waals surface area (Å²) in [6, 6.07) is 45.8. The molecule has 0 N–H and O–H groups in total. The zero-order valence-corrected chi connectivity index (χ0v) is 33.4. The highest BCUT2D eigenvalue weighted by Gasteiger charge is 2.38. The van der Waals surface area contributed by atoms with Crippen molar-refractivity contribution in [3.63, 3.8) is 0 Å². The zero-order valence-electron chi connectivity index (χ0n) is 35.4. The van der Waals surface area contributed by atoms with E-state index in [4.69, 9.17) is 18.8 Å². The van der Waals surface area contributed by atoms with Gasteiger partial charge in [0, 0.05) is 65.5 Å². The summed E-state index contributed by atoms with van der Waals surface area (Å²) in [5.74, 6) is 1.75. The number of hydrogen-bond acceptors (Lipinski definition) is 5. The summed E-state index contributed by atoms with van der Waals surface area (Å²) in [6.45, 7) is 4.39. The molecule has 6 heterocycles. The molecule has 11 rings (SSSR count). The molecule has 0 radical (unpaired) electrons. The highest BCUT2D eigenvalue weighted by atomic mass is 28.3. The molecular formula is C49H43N7OSi. The molecule has 0 saturated carbocycles. The van der Waals surface area contributed by atoms with Gasteiger partial charge in [-0.2, -0.15) is 0 Å². The largest absolute Gasteiger partial charge is 0.440 e. The van der Waals surface area contributed by atoms with Gasteiger partial charge in [0.05, 0.1) is 44.5 Å². The smallest absolute Gasteiger partial charge is 0.244 e. The third kappa shape index (κ3) is 5.52. The van der Waals surface area contributed by atoms with Gasteiger partial charge >= 0.3 is 0 Å². The van der Waals surface area contributed by atoms with Crippen molar-refractivity contribution in [1.82, 2.24) is 19.1 Å². The van der Waals surface area contributed by atoms with Gasteiger partial charge in [0.2, 0.25) is 12.2 Å². The molecule has 2 aliphatic heterocycles. The van der Waals surface area contributed by atoms with Crippen molar-refractivity contribution < 1.29 is 13.4 Å². The van der Waals surface area contributed by atoms with Crippen molar-refractivity contribution in [2.45, 2.75) is 32.4 Å². The lowest BCUT2D eigenvalue weighted by Gasteiger charge is -2.41. The summed E-state index contributed by atoms with van der Waals surface area (Å²) in [5, 5.41) is 4.86. The van der Waals surface area contributed by atoms with Crippen LogP contribution in [0, 0.1) is 6.33 Å². The van der Waals surface area contributed by atoms with Crippen LogP contribution < -0.4 is 29.5 Å². The minimum Gasteiger partial charge on any atom is -0.440 e. The van der Waals surface area contributed by atoms with E-state index in [1.807, 2.05) is 67.0 Å². The summed E-state index contributed by atoms with van der Waals surface area (Å²) >= 11 is 0. The number of rotatable bonds is 6. The molecule has 2 aliphatic rings. The standard InChI is InChI=1S/C49H43N7OSi/c1-52-33-54(41-23-22-34(29-45(41)52)53-26-11-4-12-27-53)35-14-13-15-37(28-35)57-49-31-44-39(32-51-49)38-16-5-6-17-40(38)56(44)48-30-36(24-25-50-48)55-42-18-7-9-20-46(42)58(2,3)47-21-10-8-19-43(47)55/h5-10,13-25,28-32H,4,11-12,26-27H2,1-3H3/i1D3. The number of hydrogen-bond donors (Lipinski definition) is 0. The summed E-state index contributed by atoms with van der Waals surface area (Å²) in [5.41, 5.74) is 8.47. The van der Waals surface area contributed by atoms with E-state index >= 15 is 0 Å². The van der Waals surface area contributed by atoms with E-state index < -0.39 is 15.0 Å². The molecule has 0 unspecified atom stereocenters. The van der Waals surface area contributed by atoms with Crippen LogP contribution in [0.4, 0.5) is 22.7 Å². The van der Waals surface area contributed by atoms with E-state index in [-0.39, 0.29) is 0 Å². The Kier molecular flexibility index (Phi) is 7.28. The average Bonchev–Trinajstić information content (AvgIpc) is 3.83. The van der Waals surface area contributed by atoms with Gasteiger partial charge in [0.25, 0.3) is 0 Å². The first-order chi connectivity index (χ1) is 29.6. The number of pyridine rings is 2. The van der Waals surface area contributed by atoms with Crippen LogP contribution in [0.2, 0.25) is 13.1 Å². The number of aryl methyl sites for hydroxylation is 1. The van der Waals surface area contributed by atoms with E-state index in [0.29, 0.717) is 17.1 Å². The van der Waals surface area contributed by atoms with E-state index in [2.05, 4.69) is 113 Å². The predicted octanol–water partition coefficient (Wildman–Crippen LogP) is 9.53. The molecule has 0 spiro atoms. The van der Waals surface area contributed by atoms with E-state index in [1.54, 1.807) is 4.57 Å². The lowest BCUT2D eigenvalue weighted by Crippen LogP contribution is -2.58. The van der Waals surface area contributed by atoms with Crippen LogP contribution in [-0.2, 0) is 6.98 Å². The van der Waals surface area contributed by atoms with Gasteiger partial charge in [0.1, 0.15) is 19.6 Å². The van der Waals surface area contributed by atoms with Gasteiger partial charge in [-0.3, -0.25) is 4.57 Å². The Labute approximate surface area is 343 Å². The van der Waals surface area contributed by atoms with Gasteiger partial charge in [-0.15, -0.1) is 0 Å². The number of aromatic nitrogens is 5. The van der Waals surface area contributed by atoms with E-state index in [9.17, 15) is 0 Å². The van der Waals surface area contributed by atoms with Crippen molar-refractivity contribution in [3.05, 3.63) is 152 Å². The highest BCUT2D eigenvalue weighted by molar-refractivity contribution is 7.02. The maximum atomic E-state index is 8.36. The molecule has 4 aromatic heterocycles. The first-order valence-corrected chi connectivity index (χ1v) is 23.0. The fraction of sp³-hybridized carbons (Fsp3) is 0.163. The van der Waals surface area contributed by atoms with Crippen molar-refractivity contribution >= 4 is 74.0 Å². The molecule has 0 amide bonds. The van der Waals surface area contributed by atoms with Crippen LogP contribution in [0.3, 0.4) is 0 Å². The molecule has 284 valence electrons. The van der Waals surface area contributed by atoms with Gasteiger partial charge in [-0.05, 0) is 78.2 Å². The zero-order chi connectivity index (χ0) is 41.5.